The van der Waals surface area contributed by atoms with Crippen molar-refractivity contribution in [2.45, 2.75) is 6.92 Å². The smallest absolute Gasteiger partial charge is 0.180 e. The molecule has 0 spiro atoms. The third kappa shape index (κ3) is 3.18. The van der Waals surface area contributed by atoms with Crippen molar-refractivity contribution in [2.75, 3.05) is 19.0 Å². The van der Waals surface area contributed by atoms with Crippen LogP contribution < -0.4 is 14.8 Å². The van der Waals surface area contributed by atoms with Gasteiger partial charge < -0.3 is 19.2 Å². The van der Waals surface area contributed by atoms with Crippen molar-refractivity contribution in [1.29, 1.82) is 0 Å². The summed E-state index contributed by atoms with van der Waals surface area (Å²) in [6.07, 6.45) is 7.43. The monoisotopic (exact) mass is 400 g/mol. The number of hydrogen-bond acceptors (Lipinski definition) is 6. The quantitative estimate of drug-likeness (QED) is 0.438. The number of nitrogens with one attached hydrogen (secondary N) is 2. The highest BCUT2D eigenvalue weighted by molar-refractivity contribution is 5.84. The van der Waals surface area contributed by atoms with E-state index in [4.69, 9.17) is 14.5 Å². The molecule has 0 atom stereocenters. The lowest BCUT2D eigenvalue weighted by Gasteiger charge is -2.13. The van der Waals surface area contributed by atoms with Crippen LogP contribution in [-0.2, 0) is 0 Å². The molecule has 150 valence electrons. The average molecular weight is 400 g/mol. The van der Waals surface area contributed by atoms with Crippen LogP contribution in [0.25, 0.3) is 27.8 Å². The third-order valence-electron chi connectivity index (χ3n) is 4.84. The predicted octanol–water partition coefficient (Wildman–Crippen LogP) is 4.42. The fraction of sp³-hybridized carbons (Fsp3) is 0.136. The van der Waals surface area contributed by atoms with Crippen LogP contribution in [0.4, 0.5) is 11.5 Å². The minimum atomic E-state index is 0.572. The first kappa shape index (κ1) is 18.0. The van der Waals surface area contributed by atoms with Gasteiger partial charge in [-0.25, -0.2) is 9.97 Å². The Hall–Kier alpha value is -4.07. The van der Waals surface area contributed by atoms with Gasteiger partial charge in [0, 0.05) is 41.3 Å². The molecule has 3 aromatic heterocycles. The Kier molecular flexibility index (Phi) is 4.44. The number of H-pyrrole nitrogens is 1. The summed E-state index contributed by atoms with van der Waals surface area (Å²) in [6, 6.07) is 11.8. The Labute approximate surface area is 172 Å². The molecule has 0 saturated carbocycles. The summed E-state index contributed by atoms with van der Waals surface area (Å²) < 4.78 is 13.0. The van der Waals surface area contributed by atoms with Crippen molar-refractivity contribution in [3.05, 3.63) is 61.2 Å². The van der Waals surface area contributed by atoms with E-state index < -0.39 is 0 Å². The second-order valence-electron chi connectivity index (χ2n) is 6.73. The molecule has 8 nitrogen and oxygen atoms in total. The van der Waals surface area contributed by atoms with Gasteiger partial charge in [0.2, 0.25) is 0 Å². The molecule has 5 aromatic rings. The van der Waals surface area contributed by atoms with Crippen LogP contribution in [0.15, 0.2) is 61.2 Å². The van der Waals surface area contributed by atoms with E-state index in [1.165, 1.54) is 0 Å². The van der Waals surface area contributed by atoms with Gasteiger partial charge in [-0.3, -0.25) is 5.10 Å². The van der Waals surface area contributed by atoms with Crippen molar-refractivity contribution < 1.29 is 9.47 Å². The number of aromatic amines is 1. The van der Waals surface area contributed by atoms with Gasteiger partial charge in [-0.1, -0.05) is 6.07 Å². The van der Waals surface area contributed by atoms with Crippen LogP contribution in [0.3, 0.4) is 0 Å². The normalized spacial score (nSPS) is 11.1. The maximum absolute atomic E-state index is 5.60. The topological polar surface area (TPSA) is 89.4 Å². The maximum atomic E-state index is 5.60. The summed E-state index contributed by atoms with van der Waals surface area (Å²) in [5.41, 5.74) is 4.37. The summed E-state index contributed by atoms with van der Waals surface area (Å²) in [7, 11) is 1.62. The number of ether oxygens (including phenoxy) is 2. The fourth-order valence-electron chi connectivity index (χ4n) is 3.41. The molecule has 0 amide bonds. The highest BCUT2D eigenvalue weighted by atomic mass is 16.5. The van der Waals surface area contributed by atoms with Crippen LogP contribution in [-0.4, -0.2) is 38.3 Å². The van der Waals surface area contributed by atoms with E-state index >= 15 is 0 Å². The van der Waals surface area contributed by atoms with Crippen LogP contribution in [0, 0.1) is 0 Å². The summed E-state index contributed by atoms with van der Waals surface area (Å²) in [6.45, 7) is 2.51. The van der Waals surface area contributed by atoms with Crippen molar-refractivity contribution in [1.82, 2.24) is 24.6 Å². The number of nitrogens with zero attached hydrogens (tertiary/aromatic N) is 4. The van der Waals surface area contributed by atoms with Crippen LogP contribution in [0.2, 0.25) is 0 Å². The first-order valence-electron chi connectivity index (χ1n) is 9.60. The molecule has 8 heteroatoms. The Morgan fingerprint density at radius 1 is 1.13 bits per heavy atom. The van der Waals surface area contributed by atoms with E-state index in [9.17, 15) is 0 Å². The summed E-state index contributed by atoms with van der Waals surface area (Å²) in [4.78, 5) is 9.29. The van der Waals surface area contributed by atoms with Gasteiger partial charge in [0.15, 0.2) is 23.0 Å². The number of benzene rings is 2. The molecule has 0 aliphatic heterocycles. The summed E-state index contributed by atoms with van der Waals surface area (Å²) in [5, 5.41) is 11.5. The lowest BCUT2D eigenvalue weighted by Crippen LogP contribution is -2.01. The van der Waals surface area contributed by atoms with Gasteiger partial charge >= 0.3 is 0 Å². The molecule has 0 saturated heterocycles. The van der Waals surface area contributed by atoms with Crippen LogP contribution in [0.5, 0.6) is 11.5 Å². The standard InChI is InChI=1S/C22H20N6O2/c1-3-30-19-7-5-16(11-20(19)29-2)25-21-22-23-8-9-28(22)13-18(26-21)14-4-6-17-15(10-14)12-24-27-17/h4-13H,3H2,1-2H3,(H,24,27)(H,25,26). The number of rotatable bonds is 6. The van der Waals surface area contributed by atoms with E-state index in [2.05, 4.69) is 26.6 Å². The molecule has 2 N–H and O–H groups in total. The number of imidazole rings is 1. The minimum absolute atomic E-state index is 0.572. The third-order valence-corrected chi connectivity index (χ3v) is 4.84. The molecular formula is C22H20N6O2. The molecule has 0 unspecified atom stereocenters. The lowest BCUT2D eigenvalue weighted by molar-refractivity contribution is 0.311. The Bertz CT molecular complexity index is 1340. The number of fused-ring (bicyclic) bond motifs is 2. The van der Waals surface area contributed by atoms with Crippen LogP contribution >= 0.6 is 0 Å². The number of hydrogen-bond donors (Lipinski definition) is 2. The molecule has 5 rings (SSSR count). The molecule has 0 aliphatic rings. The van der Waals surface area contributed by atoms with Gasteiger partial charge in [-0.15, -0.1) is 0 Å². The zero-order valence-corrected chi connectivity index (χ0v) is 16.6. The Morgan fingerprint density at radius 2 is 2.07 bits per heavy atom. The number of anilines is 2. The van der Waals surface area contributed by atoms with Crippen molar-refractivity contribution in [3.63, 3.8) is 0 Å². The Balaban J connectivity index is 1.56. The maximum Gasteiger partial charge on any atom is 0.180 e. The first-order valence-corrected chi connectivity index (χ1v) is 9.60. The zero-order chi connectivity index (χ0) is 20.5. The summed E-state index contributed by atoms with van der Waals surface area (Å²) >= 11 is 0. The van der Waals surface area contributed by atoms with Crippen molar-refractivity contribution in [3.8, 4) is 22.8 Å². The lowest BCUT2D eigenvalue weighted by atomic mass is 10.1. The van der Waals surface area contributed by atoms with Crippen molar-refractivity contribution in [2.24, 2.45) is 0 Å². The fourth-order valence-corrected chi connectivity index (χ4v) is 3.41. The van der Waals surface area contributed by atoms with Gasteiger partial charge in [0.05, 0.1) is 31.1 Å². The van der Waals surface area contributed by atoms with E-state index in [0.717, 1.165) is 33.5 Å². The van der Waals surface area contributed by atoms with E-state index in [1.807, 2.05) is 54.0 Å². The second kappa shape index (κ2) is 7.40. The van der Waals surface area contributed by atoms with Gasteiger partial charge in [-0.2, -0.15) is 5.10 Å². The average Bonchev–Trinajstić information content (AvgIpc) is 3.43. The number of aromatic nitrogens is 5. The van der Waals surface area contributed by atoms with E-state index in [-0.39, 0.29) is 0 Å². The van der Waals surface area contributed by atoms with Gasteiger partial charge in [-0.05, 0) is 31.2 Å². The summed E-state index contributed by atoms with van der Waals surface area (Å²) in [5.74, 6) is 2.01. The molecule has 0 bridgehead atoms. The van der Waals surface area contributed by atoms with Crippen LogP contribution in [0.1, 0.15) is 6.92 Å². The number of methoxy groups -OCH3 is 1. The van der Waals surface area contributed by atoms with Gasteiger partial charge in [0.25, 0.3) is 0 Å². The van der Waals surface area contributed by atoms with Gasteiger partial charge in [0.1, 0.15) is 0 Å². The molecule has 3 heterocycles. The SMILES string of the molecule is CCOc1ccc(Nc2nc(-c3ccc4[nH]ncc4c3)cn3ccnc23)cc1OC. The minimum Gasteiger partial charge on any atom is -0.493 e. The van der Waals surface area contributed by atoms with Crippen molar-refractivity contribution >= 4 is 28.1 Å². The van der Waals surface area contributed by atoms with E-state index in [0.29, 0.717) is 23.9 Å². The molecule has 2 aromatic carbocycles. The molecule has 0 radical (unpaired) electrons. The largest absolute Gasteiger partial charge is 0.493 e. The first-order chi connectivity index (χ1) is 14.7. The zero-order valence-electron chi connectivity index (χ0n) is 16.6. The van der Waals surface area contributed by atoms with E-state index in [1.54, 1.807) is 19.5 Å². The molecular weight excluding hydrogens is 380 g/mol. The molecule has 0 fully saturated rings. The Morgan fingerprint density at radius 3 is 2.93 bits per heavy atom. The predicted molar refractivity (Wildman–Crippen MR) is 116 cm³/mol. The highest BCUT2D eigenvalue weighted by Crippen LogP contribution is 2.32. The molecule has 0 aliphatic carbocycles. The second-order valence-corrected chi connectivity index (χ2v) is 6.73. The highest BCUT2D eigenvalue weighted by Gasteiger charge is 2.12. The molecule has 30 heavy (non-hydrogen) atoms.